The fourth-order valence-electron chi connectivity index (χ4n) is 7.86. The van der Waals surface area contributed by atoms with E-state index in [1.807, 2.05) is 12.2 Å². The molecule has 0 fully saturated rings. The Hall–Kier alpha value is -2.89. The van der Waals surface area contributed by atoms with E-state index in [2.05, 4.69) is 69.4 Å². The quantitative estimate of drug-likeness (QED) is 0.0262. The summed E-state index contributed by atoms with van der Waals surface area (Å²) in [7, 11) is 0. The Morgan fingerprint density at radius 2 is 0.631 bits per heavy atom. The smallest absolute Gasteiger partial charge is 0.306 e. The first-order valence-electron chi connectivity index (χ1n) is 27.8. The zero-order chi connectivity index (χ0) is 47.2. The lowest BCUT2D eigenvalue weighted by Gasteiger charge is -2.18. The highest BCUT2D eigenvalue weighted by atomic mass is 16.6. The molecule has 0 aliphatic rings. The molecule has 0 bridgehead atoms. The van der Waals surface area contributed by atoms with Gasteiger partial charge in [0.25, 0.3) is 0 Å². The third-order valence-electron chi connectivity index (χ3n) is 12.0. The van der Waals surface area contributed by atoms with Crippen molar-refractivity contribution in [2.45, 2.75) is 284 Å². The van der Waals surface area contributed by atoms with Gasteiger partial charge in [0.1, 0.15) is 13.2 Å². The molecule has 0 aliphatic heterocycles. The van der Waals surface area contributed by atoms with E-state index in [1.165, 1.54) is 154 Å². The lowest BCUT2D eigenvalue weighted by atomic mass is 10.0. The Bertz CT molecular complexity index is 1180. The van der Waals surface area contributed by atoms with Crippen molar-refractivity contribution in [2.75, 3.05) is 13.2 Å². The van der Waals surface area contributed by atoms with Crippen molar-refractivity contribution in [3.8, 4) is 0 Å². The number of esters is 3. The SMILES string of the molecule is CC/C=C\C/C=C\C/C=C\C/C=C\CCC(=O)OC(COC(=O)CCCCCCC)COC(=O)CCCCCCCCCCCCCCCCCCC/C=C\CCCCCCCCCC. The first-order valence-corrected chi connectivity index (χ1v) is 27.8. The third-order valence-corrected chi connectivity index (χ3v) is 12.0. The molecule has 0 saturated heterocycles. The summed E-state index contributed by atoms with van der Waals surface area (Å²) in [5, 5.41) is 0. The summed E-state index contributed by atoms with van der Waals surface area (Å²) in [6.07, 6.45) is 67.3. The number of carbonyl (C=O) groups is 3. The van der Waals surface area contributed by atoms with Gasteiger partial charge in [-0.2, -0.15) is 0 Å². The molecule has 1 unspecified atom stereocenters. The van der Waals surface area contributed by atoms with Crippen LogP contribution in [0.25, 0.3) is 0 Å². The number of unbranched alkanes of at least 4 members (excludes halogenated alkanes) is 29. The standard InChI is InChI=1S/C59H104O6/c1-4-7-10-13-15-17-19-21-22-23-24-25-26-27-28-29-30-31-32-33-34-35-36-38-39-41-43-46-49-52-58(61)64-55-56(54-63-57(60)51-48-45-12-9-6-3)65-59(62)53-50-47-44-42-40-37-20-18-16-14-11-8-5-2/h8,11,16,18,23-24,37,40,44,47,56H,4-7,9-10,12-15,17,19-22,25-36,38-39,41-43,45-46,48-55H2,1-3H3/b11-8-,18-16-,24-23-,40-37-,47-44-. The van der Waals surface area contributed by atoms with Crippen LogP contribution in [-0.2, 0) is 28.6 Å². The normalized spacial score (nSPS) is 12.5. The molecule has 0 spiro atoms. The van der Waals surface area contributed by atoms with E-state index >= 15 is 0 Å². The Balaban J connectivity index is 3.99. The highest BCUT2D eigenvalue weighted by Crippen LogP contribution is 2.16. The lowest BCUT2D eigenvalue weighted by Crippen LogP contribution is -2.30. The molecule has 0 aromatic carbocycles. The Kier molecular flexibility index (Phi) is 51.3. The molecule has 0 N–H and O–H groups in total. The molecule has 0 rings (SSSR count). The van der Waals surface area contributed by atoms with Crippen LogP contribution in [0.5, 0.6) is 0 Å². The second-order valence-electron chi connectivity index (χ2n) is 18.5. The minimum absolute atomic E-state index is 0.101. The monoisotopic (exact) mass is 909 g/mol. The van der Waals surface area contributed by atoms with Crippen LogP contribution in [-0.4, -0.2) is 37.2 Å². The summed E-state index contributed by atoms with van der Waals surface area (Å²) in [6.45, 7) is 6.39. The maximum absolute atomic E-state index is 12.7. The predicted molar refractivity (Wildman–Crippen MR) is 279 cm³/mol. The van der Waals surface area contributed by atoms with Gasteiger partial charge in [0.2, 0.25) is 0 Å². The van der Waals surface area contributed by atoms with Crippen molar-refractivity contribution in [2.24, 2.45) is 0 Å². The summed E-state index contributed by atoms with van der Waals surface area (Å²) in [5.74, 6) is -0.993. The molecule has 0 radical (unpaired) electrons. The van der Waals surface area contributed by atoms with Crippen molar-refractivity contribution in [3.05, 3.63) is 60.8 Å². The van der Waals surface area contributed by atoms with Crippen molar-refractivity contribution in [1.82, 2.24) is 0 Å². The zero-order valence-corrected chi connectivity index (χ0v) is 43.0. The number of allylic oxidation sites excluding steroid dienone is 10. The van der Waals surface area contributed by atoms with Gasteiger partial charge in [-0.05, 0) is 70.6 Å². The molecule has 0 aromatic heterocycles. The van der Waals surface area contributed by atoms with E-state index < -0.39 is 12.1 Å². The van der Waals surface area contributed by atoms with E-state index in [0.29, 0.717) is 19.3 Å². The van der Waals surface area contributed by atoms with Gasteiger partial charge < -0.3 is 14.2 Å². The maximum Gasteiger partial charge on any atom is 0.306 e. The van der Waals surface area contributed by atoms with E-state index in [-0.39, 0.29) is 31.6 Å². The number of rotatable bonds is 50. The van der Waals surface area contributed by atoms with Crippen LogP contribution in [0.3, 0.4) is 0 Å². The topological polar surface area (TPSA) is 78.9 Å². The first-order chi connectivity index (χ1) is 32.0. The van der Waals surface area contributed by atoms with Crippen LogP contribution >= 0.6 is 0 Å². The van der Waals surface area contributed by atoms with E-state index in [4.69, 9.17) is 14.2 Å². The van der Waals surface area contributed by atoms with Crippen molar-refractivity contribution >= 4 is 17.9 Å². The summed E-state index contributed by atoms with van der Waals surface area (Å²) >= 11 is 0. The van der Waals surface area contributed by atoms with Crippen LogP contribution in [0.4, 0.5) is 0 Å². The Morgan fingerprint density at radius 1 is 0.323 bits per heavy atom. The summed E-state index contributed by atoms with van der Waals surface area (Å²) in [4.78, 5) is 37.6. The fraction of sp³-hybridized carbons (Fsp3) is 0.780. The molecule has 0 amide bonds. The summed E-state index contributed by atoms with van der Waals surface area (Å²) < 4.78 is 16.6. The van der Waals surface area contributed by atoms with Gasteiger partial charge in [0.15, 0.2) is 6.10 Å². The molecule has 0 saturated carbocycles. The molecule has 0 heterocycles. The second-order valence-corrected chi connectivity index (χ2v) is 18.5. The number of hydrogen-bond donors (Lipinski definition) is 0. The van der Waals surface area contributed by atoms with Gasteiger partial charge in [-0.1, -0.05) is 248 Å². The molecular weight excluding hydrogens is 805 g/mol. The summed E-state index contributed by atoms with van der Waals surface area (Å²) in [6, 6.07) is 0. The van der Waals surface area contributed by atoms with E-state index in [0.717, 1.165) is 77.0 Å². The maximum atomic E-state index is 12.7. The van der Waals surface area contributed by atoms with E-state index in [1.54, 1.807) is 0 Å². The van der Waals surface area contributed by atoms with Gasteiger partial charge in [-0.25, -0.2) is 0 Å². The highest BCUT2D eigenvalue weighted by molar-refractivity contribution is 5.71. The molecule has 376 valence electrons. The third kappa shape index (κ3) is 51.9. The average Bonchev–Trinajstić information content (AvgIpc) is 3.30. The largest absolute Gasteiger partial charge is 0.462 e. The van der Waals surface area contributed by atoms with Gasteiger partial charge in [-0.3, -0.25) is 14.4 Å². The second kappa shape index (κ2) is 53.7. The van der Waals surface area contributed by atoms with Gasteiger partial charge in [-0.15, -0.1) is 0 Å². The van der Waals surface area contributed by atoms with Gasteiger partial charge in [0.05, 0.1) is 0 Å². The van der Waals surface area contributed by atoms with Crippen LogP contribution < -0.4 is 0 Å². The van der Waals surface area contributed by atoms with Crippen LogP contribution in [0.2, 0.25) is 0 Å². The minimum atomic E-state index is -0.806. The number of ether oxygens (including phenoxy) is 3. The molecule has 1 atom stereocenters. The molecule has 65 heavy (non-hydrogen) atoms. The van der Waals surface area contributed by atoms with Crippen molar-refractivity contribution in [3.63, 3.8) is 0 Å². The molecule has 0 aliphatic carbocycles. The minimum Gasteiger partial charge on any atom is -0.462 e. The Morgan fingerprint density at radius 3 is 1.00 bits per heavy atom. The first kappa shape index (κ1) is 62.1. The molecule has 0 aromatic rings. The van der Waals surface area contributed by atoms with Crippen molar-refractivity contribution < 1.29 is 28.6 Å². The molecular formula is C59H104O6. The van der Waals surface area contributed by atoms with E-state index in [9.17, 15) is 14.4 Å². The average molecular weight is 909 g/mol. The van der Waals surface area contributed by atoms with Gasteiger partial charge in [0, 0.05) is 19.3 Å². The van der Waals surface area contributed by atoms with Gasteiger partial charge >= 0.3 is 17.9 Å². The number of hydrogen-bond acceptors (Lipinski definition) is 6. The lowest BCUT2D eigenvalue weighted by molar-refractivity contribution is -0.166. The Labute approximate surface area is 402 Å². The number of carbonyl (C=O) groups excluding carboxylic acids is 3. The van der Waals surface area contributed by atoms with Crippen LogP contribution in [0, 0.1) is 0 Å². The molecule has 6 heteroatoms. The summed E-state index contributed by atoms with van der Waals surface area (Å²) in [5.41, 5.74) is 0. The fourth-order valence-corrected chi connectivity index (χ4v) is 7.86. The predicted octanol–water partition coefficient (Wildman–Crippen LogP) is 18.4. The highest BCUT2D eigenvalue weighted by Gasteiger charge is 2.19. The van der Waals surface area contributed by atoms with Crippen LogP contribution in [0.1, 0.15) is 278 Å². The zero-order valence-electron chi connectivity index (χ0n) is 43.0. The molecule has 6 nitrogen and oxygen atoms in total. The van der Waals surface area contributed by atoms with Crippen LogP contribution in [0.15, 0.2) is 60.8 Å². The van der Waals surface area contributed by atoms with Crippen molar-refractivity contribution in [1.29, 1.82) is 0 Å².